The lowest BCUT2D eigenvalue weighted by Gasteiger charge is -1.82. The first-order valence-corrected chi connectivity index (χ1v) is 6.70. The van der Waals surface area contributed by atoms with Crippen LogP contribution in [0.5, 0.6) is 11.5 Å². The van der Waals surface area contributed by atoms with Crippen molar-refractivity contribution in [3.8, 4) is 11.5 Å². The van der Waals surface area contributed by atoms with Crippen LogP contribution < -0.4 is 0 Å². The minimum atomic E-state index is 0.322. The molecule has 0 saturated heterocycles. The molecule has 3 rings (SSSR count). The number of carbonyl (C=O) groups excluding carboxylic acids is 1. The van der Waals surface area contributed by atoms with Gasteiger partial charge in [-0.05, 0) is 24.3 Å². The van der Waals surface area contributed by atoms with Crippen molar-refractivity contribution in [3.05, 3.63) is 96.6 Å². The Hall–Kier alpha value is -3.07. The Morgan fingerprint density at radius 3 is 1.05 bits per heavy atom. The molecule has 112 valence electrons. The van der Waals surface area contributed by atoms with E-state index in [1.807, 2.05) is 30.3 Å². The van der Waals surface area contributed by atoms with Crippen LogP contribution in [-0.4, -0.2) is 16.5 Å². The third-order valence-electron chi connectivity index (χ3n) is 2.45. The van der Waals surface area contributed by atoms with E-state index in [1.54, 1.807) is 60.7 Å². The van der Waals surface area contributed by atoms with Gasteiger partial charge in [-0.2, -0.15) is 0 Å². The molecule has 0 atom stereocenters. The fourth-order valence-corrected chi connectivity index (χ4v) is 1.39. The summed E-state index contributed by atoms with van der Waals surface area (Å²) in [5, 5.41) is 17.3. The number of hydrogen-bond donors (Lipinski definition) is 2. The third kappa shape index (κ3) is 8.17. The molecule has 0 spiro atoms. The molecule has 0 bridgehead atoms. The van der Waals surface area contributed by atoms with Gasteiger partial charge < -0.3 is 10.2 Å². The number of benzene rings is 3. The number of aromatic hydroxyl groups is 2. The molecule has 22 heavy (non-hydrogen) atoms. The Morgan fingerprint density at radius 2 is 0.864 bits per heavy atom. The SMILES string of the molecule is O=Cc1ccccc1.Oc1ccccc1.Oc1ccccc1. The highest BCUT2D eigenvalue weighted by Crippen LogP contribution is 2.03. The van der Waals surface area contributed by atoms with Gasteiger partial charge in [0, 0.05) is 5.56 Å². The van der Waals surface area contributed by atoms with E-state index in [4.69, 9.17) is 10.2 Å². The van der Waals surface area contributed by atoms with Crippen molar-refractivity contribution in [2.45, 2.75) is 0 Å². The predicted molar refractivity (Wildman–Crippen MR) is 88.0 cm³/mol. The molecule has 0 radical (unpaired) electrons. The first kappa shape index (κ1) is 17.0. The van der Waals surface area contributed by atoms with Crippen LogP contribution in [-0.2, 0) is 0 Å². The number of rotatable bonds is 1. The summed E-state index contributed by atoms with van der Waals surface area (Å²) < 4.78 is 0. The van der Waals surface area contributed by atoms with Crippen LogP contribution in [0.3, 0.4) is 0 Å². The van der Waals surface area contributed by atoms with E-state index in [9.17, 15) is 4.79 Å². The summed E-state index contributed by atoms with van der Waals surface area (Å²) in [5.41, 5.74) is 0.729. The van der Waals surface area contributed by atoms with Gasteiger partial charge in [-0.1, -0.05) is 66.7 Å². The molecule has 0 amide bonds. The molecule has 0 unspecified atom stereocenters. The number of phenols is 2. The largest absolute Gasteiger partial charge is 0.508 e. The van der Waals surface area contributed by atoms with Gasteiger partial charge >= 0.3 is 0 Å². The van der Waals surface area contributed by atoms with E-state index in [0.29, 0.717) is 11.5 Å². The van der Waals surface area contributed by atoms with E-state index < -0.39 is 0 Å². The minimum absolute atomic E-state index is 0.322. The first-order valence-electron chi connectivity index (χ1n) is 6.70. The van der Waals surface area contributed by atoms with Crippen molar-refractivity contribution in [2.24, 2.45) is 0 Å². The van der Waals surface area contributed by atoms with Crippen LogP contribution in [0.1, 0.15) is 10.4 Å². The summed E-state index contributed by atoms with van der Waals surface area (Å²) >= 11 is 0. The molecule has 3 heteroatoms. The zero-order valence-corrected chi connectivity index (χ0v) is 12.0. The second-order valence-electron chi connectivity index (χ2n) is 4.20. The van der Waals surface area contributed by atoms with Crippen LogP contribution in [0.25, 0.3) is 0 Å². The second kappa shape index (κ2) is 10.7. The van der Waals surface area contributed by atoms with Crippen molar-refractivity contribution in [3.63, 3.8) is 0 Å². The van der Waals surface area contributed by atoms with Gasteiger partial charge in [0.25, 0.3) is 0 Å². The highest BCUT2D eigenvalue weighted by Gasteiger charge is 1.80. The molecule has 0 aliphatic carbocycles. The minimum Gasteiger partial charge on any atom is -0.508 e. The number of carbonyl (C=O) groups is 1. The van der Waals surface area contributed by atoms with E-state index >= 15 is 0 Å². The lowest BCUT2D eigenvalue weighted by atomic mass is 10.2. The van der Waals surface area contributed by atoms with Crippen LogP contribution in [0.15, 0.2) is 91.0 Å². The molecule has 0 fully saturated rings. The quantitative estimate of drug-likeness (QED) is 0.658. The standard InChI is InChI=1S/C7H6O.2C6H6O/c8-6-7-4-2-1-3-5-7;2*7-6-4-2-1-3-5-6/h1-6H;2*1-5,7H. The molecule has 2 N–H and O–H groups in total. The molecule has 3 aromatic rings. The normalized spacial score (nSPS) is 8.55. The summed E-state index contributed by atoms with van der Waals surface area (Å²) in [6.45, 7) is 0. The second-order valence-corrected chi connectivity index (χ2v) is 4.20. The van der Waals surface area contributed by atoms with Crippen LogP contribution in [0, 0.1) is 0 Å². The van der Waals surface area contributed by atoms with Crippen molar-refractivity contribution >= 4 is 6.29 Å². The number of hydrogen-bond acceptors (Lipinski definition) is 3. The molecule has 0 aliphatic heterocycles. The topological polar surface area (TPSA) is 57.5 Å². The van der Waals surface area contributed by atoms with E-state index in [1.165, 1.54) is 0 Å². The Kier molecular flexibility index (Phi) is 8.25. The lowest BCUT2D eigenvalue weighted by molar-refractivity contribution is 0.112. The summed E-state index contributed by atoms with van der Waals surface area (Å²) in [5.74, 6) is 0.644. The lowest BCUT2D eigenvalue weighted by Crippen LogP contribution is -1.73. The average Bonchev–Trinajstić information content (AvgIpc) is 2.58. The fraction of sp³-hybridized carbons (Fsp3) is 0. The maximum atomic E-state index is 10.0. The Bertz CT molecular complexity index is 585. The van der Waals surface area contributed by atoms with Gasteiger partial charge in [0.15, 0.2) is 0 Å². The van der Waals surface area contributed by atoms with E-state index in [0.717, 1.165) is 11.8 Å². The monoisotopic (exact) mass is 294 g/mol. The Morgan fingerprint density at radius 1 is 0.545 bits per heavy atom. The zero-order valence-electron chi connectivity index (χ0n) is 12.0. The molecular weight excluding hydrogens is 276 g/mol. The van der Waals surface area contributed by atoms with E-state index in [-0.39, 0.29) is 0 Å². The van der Waals surface area contributed by atoms with Gasteiger partial charge in [-0.15, -0.1) is 0 Å². The van der Waals surface area contributed by atoms with Gasteiger partial charge in [0.2, 0.25) is 0 Å². The maximum absolute atomic E-state index is 10.0. The van der Waals surface area contributed by atoms with Crippen molar-refractivity contribution in [1.29, 1.82) is 0 Å². The summed E-state index contributed by atoms with van der Waals surface area (Å²) in [6, 6.07) is 26.5. The highest BCUT2D eigenvalue weighted by atomic mass is 16.3. The van der Waals surface area contributed by atoms with Crippen LogP contribution in [0.4, 0.5) is 0 Å². The predicted octanol–water partition coefficient (Wildman–Crippen LogP) is 4.28. The van der Waals surface area contributed by atoms with Crippen molar-refractivity contribution < 1.29 is 15.0 Å². The molecule has 0 heterocycles. The molecule has 3 aromatic carbocycles. The molecule has 0 aromatic heterocycles. The van der Waals surface area contributed by atoms with Gasteiger partial charge in [-0.3, -0.25) is 4.79 Å². The molecular formula is C19H18O3. The third-order valence-corrected chi connectivity index (χ3v) is 2.45. The van der Waals surface area contributed by atoms with Gasteiger partial charge in [0.1, 0.15) is 17.8 Å². The van der Waals surface area contributed by atoms with Crippen molar-refractivity contribution in [2.75, 3.05) is 0 Å². The Labute approximate surface area is 130 Å². The maximum Gasteiger partial charge on any atom is 0.150 e. The first-order chi connectivity index (χ1) is 10.7. The fourth-order valence-electron chi connectivity index (χ4n) is 1.39. The summed E-state index contributed by atoms with van der Waals surface area (Å²) in [6.07, 6.45) is 0.833. The Balaban J connectivity index is 0.000000166. The van der Waals surface area contributed by atoms with Crippen LogP contribution >= 0.6 is 0 Å². The van der Waals surface area contributed by atoms with Gasteiger partial charge in [-0.25, -0.2) is 0 Å². The smallest absolute Gasteiger partial charge is 0.150 e. The van der Waals surface area contributed by atoms with E-state index in [2.05, 4.69) is 0 Å². The summed E-state index contributed by atoms with van der Waals surface area (Å²) in [4.78, 5) is 10.0. The number of phenolic OH excluding ortho intramolecular Hbond substituents is 2. The molecule has 0 aliphatic rings. The van der Waals surface area contributed by atoms with Gasteiger partial charge in [0.05, 0.1) is 0 Å². The molecule has 0 saturated carbocycles. The van der Waals surface area contributed by atoms with Crippen LogP contribution in [0.2, 0.25) is 0 Å². The number of para-hydroxylation sites is 2. The highest BCUT2D eigenvalue weighted by molar-refractivity contribution is 5.74. The molecule has 3 nitrogen and oxygen atoms in total. The van der Waals surface area contributed by atoms with Crippen molar-refractivity contribution in [1.82, 2.24) is 0 Å². The number of aldehydes is 1. The zero-order chi connectivity index (χ0) is 16.0. The summed E-state index contributed by atoms with van der Waals surface area (Å²) in [7, 11) is 0. The average molecular weight is 294 g/mol.